The molecule has 0 saturated carbocycles. The second-order valence-corrected chi connectivity index (χ2v) is 4.48. The smallest absolute Gasteiger partial charge is 0.115 e. The molecule has 6 heteroatoms. The van der Waals surface area contributed by atoms with Crippen molar-refractivity contribution in [3.63, 3.8) is 0 Å². The van der Waals surface area contributed by atoms with Gasteiger partial charge < -0.3 is 0 Å². The van der Waals surface area contributed by atoms with Crippen LogP contribution in [0.15, 0.2) is 31.0 Å². The molecule has 2 aromatic rings. The van der Waals surface area contributed by atoms with E-state index in [-0.39, 0.29) is 6.04 Å². The van der Waals surface area contributed by atoms with Crippen LogP contribution in [0.4, 0.5) is 0 Å². The molecule has 1 atom stereocenters. The number of aromatic nitrogens is 4. The summed E-state index contributed by atoms with van der Waals surface area (Å²) in [6.45, 7) is 4.20. The Labute approximate surface area is 106 Å². The summed E-state index contributed by atoms with van der Waals surface area (Å²) in [5, 5.41) is 4.50. The summed E-state index contributed by atoms with van der Waals surface area (Å²) in [6, 6.07) is 2.35. The molecule has 1 unspecified atom stereocenters. The quantitative estimate of drug-likeness (QED) is 0.607. The van der Waals surface area contributed by atoms with E-state index in [4.69, 9.17) is 5.84 Å². The molecular formula is C12H18N6. The van der Waals surface area contributed by atoms with Crippen LogP contribution in [0.3, 0.4) is 0 Å². The van der Waals surface area contributed by atoms with Gasteiger partial charge in [0.15, 0.2) is 0 Å². The lowest BCUT2D eigenvalue weighted by Crippen LogP contribution is -2.30. The Morgan fingerprint density at radius 1 is 1.33 bits per heavy atom. The average Bonchev–Trinajstić information content (AvgIpc) is 2.86. The molecule has 0 aliphatic rings. The Kier molecular flexibility index (Phi) is 4.01. The van der Waals surface area contributed by atoms with Crippen LogP contribution < -0.4 is 11.3 Å². The molecule has 0 aliphatic carbocycles. The maximum absolute atomic E-state index is 5.58. The second kappa shape index (κ2) is 5.70. The summed E-state index contributed by atoms with van der Waals surface area (Å²) in [5.74, 6) is 5.58. The number of hydrogen-bond donors (Lipinski definition) is 2. The van der Waals surface area contributed by atoms with Crippen LogP contribution in [-0.4, -0.2) is 19.7 Å². The van der Waals surface area contributed by atoms with E-state index < -0.39 is 0 Å². The summed E-state index contributed by atoms with van der Waals surface area (Å²) in [5.41, 5.74) is 4.73. The fraction of sp³-hybridized carbons (Fsp3) is 0.417. The molecule has 6 nitrogen and oxygen atoms in total. The highest BCUT2D eigenvalue weighted by molar-refractivity contribution is 5.13. The third-order valence-electron chi connectivity index (χ3n) is 2.79. The van der Waals surface area contributed by atoms with Gasteiger partial charge in [0, 0.05) is 36.6 Å². The molecule has 0 radical (unpaired) electrons. The standard InChI is InChI=1S/C12H18N6/c1-9(2)18-4-3-11(17-18)5-12(16-13)10-6-14-8-15-7-10/h3-4,6-9,12,16H,5,13H2,1-2H3. The number of hydrazine groups is 1. The highest BCUT2D eigenvalue weighted by atomic mass is 15.3. The van der Waals surface area contributed by atoms with Gasteiger partial charge in [0.05, 0.1) is 11.7 Å². The van der Waals surface area contributed by atoms with Crippen LogP contribution in [0.25, 0.3) is 0 Å². The van der Waals surface area contributed by atoms with Gasteiger partial charge in [-0.1, -0.05) is 0 Å². The van der Waals surface area contributed by atoms with Crippen molar-refractivity contribution in [3.05, 3.63) is 42.2 Å². The van der Waals surface area contributed by atoms with Crippen LogP contribution >= 0.6 is 0 Å². The van der Waals surface area contributed by atoms with Crippen molar-refractivity contribution in [1.82, 2.24) is 25.2 Å². The van der Waals surface area contributed by atoms with Gasteiger partial charge >= 0.3 is 0 Å². The molecule has 0 amide bonds. The van der Waals surface area contributed by atoms with Gasteiger partial charge in [-0.2, -0.15) is 5.10 Å². The van der Waals surface area contributed by atoms with Gasteiger partial charge in [-0.05, 0) is 19.9 Å². The third-order valence-corrected chi connectivity index (χ3v) is 2.79. The molecule has 2 heterocycles. The predicted molar refractivity (Wildman–Crippen MR) is 68.4 cm³/mol. The van der Waals surface area contributed by atoms with Crippen molar-refractivity contribution in [2.75, 3.05) is 0 Å². The molecule has 0 fully saturated rings. The fourth-order valence-corrected chi connectivity index (χ4v) is 1.75. The van der Waals surface area contributed by atoms with E-state index in [9.17, 15) is 0 Å². The number of nitrogens with zero attached hydrogens (tertiary/aromatic N) is 4. The Bertz CT molecular complexity index is 478. The SMILES string of the molecule is CC(C)n1ccc(CC(NN)c2cncnc2)n1. The van der Waals surface area contributed by atoms with Crippen molar-refractivity contribution in [2.45, 2.75) is 32.4 Å². The summed E-state index contributed by atoms with van der Waals surface area (Å²) < 4.78 is 1.93. The van der Waals surface area contributed by atoms with E-state index in [1.807, 2.05) is 16.9 Å². The van der Waals surface area contributed by atoms with E-state index in [0.717, 1.165) is 11.3 Å². The lowest BCUT2D eigenvalue weighted by molar-refractivity contribution is 0.505. The van der Waals surface area contributed by atoms with Crippen molar-refractivity contribution in [3.8, 4) is 0 Å². The number of nitrogens with two attached hydrogens (primary N) is 1. The number of rotatable bonds is 5. The van der Waals surface area contributed by atoms with Crippen LogP contribution in [0.5, 0.6) is 0 Å². The van der Waals surface area contributed by atoms with Crippen molar-refractivity contribution in [1.29, 1.82) is 0 Å². The van der Waals surface area contributed by atoms with E-state index in [1.165, 1.54) is 6.33 Å². The minimum absolute atomic E-state index is 0.0262. The fourth-order valence-electron chi connectivity index (χ4n) is 1.75. The Balaban J connectivity index is 2.10. The lowest BCUT2D eigenvalue weighted by atomic mass is 10.1. The molecule has 96 valence electrons. The van der Waals surface area contributed by atoms with E-state index in [1.54, 1.807) is 12.4 Å². The van der Waals surface area contributed by atoms with E-state index >= 15 is 0 Å². The van der Waals surface area contributed by atoms with E-state index in [0.29, 0.717) is 12.5 Å². The zero-order valence-corrected chi connectivity index (χ0v) is 10.6. The lowest BCUT2D eigenvalue weighted by Gasteiger charge is -2.14. The number of hydrogen-bond acceptors (Lipinski definition) is 5. The van der Waals surface area contributed by atoms with Gasteiger partial charge in [-0.25, -0.2) is 9.97 Å². The minimum Gasteiger partial charge on any atom is -0.271 e. The molecule has 0 aromatic carbocycles. The van der Waals surface area contributed by atoms with Crippen LogP contribution in [0.2, 0.25) is 0 Å². The topological polar surface area (TPSA) is 81.7 Å². The Morgan fingerprint density at radius 2 is 2.06 bits per heavy atom. The molecule has 0 spiro atoms. The molecule has 3 N–H and O–H groups in total. The first-order chi connectivity index (χ1) is 8.70. The molecule has 2 rings (SSSR count). The van der Waals surface area contributed by atoms with Crippen molar-refractivity contribution < 1.29 is 0 Å². The van der Waals surface area contributed by atoms with Gasteiger partial charge in [0.25, 0.3) is 0 Å². The van der Waals surface area contributed by atoms with Crippen molar-refractivity contribution >= 4 is 0 Å². The number of nitrogens with one attached hydrogen (secondary N) is 1. The largest absolute Gasteiger partial charge is 0.271 e. The predicted octanol–water partition coefficient (Wildman–Crippen LogP) is 1.00. The molecular weight excluding hydrogens is 228 g/mol. The summed E-state index contributed by atoms with van der Waals surface area (Å²) in [7, 11) is 0. The van der Waals surface area contributed by atoms with Crippen LogP contribution in [0, 0.1) is 0 Å². The highest BCUT2D eigenvalue weighted by Crippen LogP contribution is 2.15. The molecule has 2 aromatic heterocycles. The third kappa shape index (κ3) is 2.91. The normalized spacial score (nSPS) is 12.9. The Morgan fingerprint density at radius 3 is 2.61 bits per heavy atom. The van der Waals surface area contributed by atoms with Gasteiger partial charge in [0.2, 0.25) is 0 Å². The first-order valence-corrected chi connectivity index (χ1v) is 5.95. The molecule has 0 saturated heterocycles. The second-order valence-electron chi connectivity index (χ2n) is 4.48. The summed E-state index contributed by atoms with van der Waals surface area (Å²) >= 11 is 0. The van der Waals surface area contributed by atoms with Crippen molar-refractivity contribution in [2.24, 2.45) is 5.84 Å². The maximum Gasteiger partial charge on any atom is 0.115 e. The van der Waals surface area contributed by atoms with Gasteiger partial charge in [-0.3, -0.25) is 16.0 Å². The average molecular weight is 246 g/mol. The van der Waals surface area contributed by atoms with E-state index in [2.05, 4.69) is 34.3 Å². The summed E-state index contributed by atoms with van der Waals surface area (Å²) in [6.07, 6.45) is 7.72. The minimum atomic E-state index is -0.0262. The first kappa shape index (κ1) is 12.7. The zero-order valence-electron chi connectivity index (χ0n) is 10.6. The maximum atomic E-state index is 5.58. The summed E-state index contributed by atoms with van der Waals surface area (Å²) in [4.78, 5) is 7.99. The molecule has 18 heavy (non-hydrogen) atoms. The highest BCUT2D eigenvalue weighted by Gasteiger charge is 2.13. The van der Waals surface area contributed by atoms with Gasteiger partial charge in [-0.15, -0.1) is 0 Å². The first-order valence-electron chi connectivity index (χ1n) is 5.95. The van der Waals surface area contributed by atoms with Gasteiger partial charge in [0.1, 0.15) is 6.33 Å². The van der Waals surface area contributed by atoms with Crippen LogP contribution in [0.1, 0.15) is 37.2 Å². The Hall–Kier alpha value is -1.79. The monoisotopic (exact) mass is 246 g/mol. The van der Waals surface area contributed by atoms with Crippen LogP contribution in [-0.2, 0) is 6.42 Å². The molecule has 0 aliphatic heterocycles. The molecule has 0 bridgehead atoms. The zero-order chi connectivity index (χ0) is 13.0.